The maximum Gasteiger partial charge on any atom is 0.151 e. The fourth-order valence-corrected chi connectivity index (χ4v) is 1.66. The first-order valence-electron chi connectivity index (χ1n) is 4.90. The average Bonchev–Trinajstić information content (AvgIpc) is 2.34. The molecule has 88 valence electrons. The highest BCUT2D eigenvalue weighted by atomic mass is 35.5. The van der Waals surface area contributed by atoms with Crippen LogP contribution in [0.5, 0.6) is 0 Å². The number of rotatable bonds is 3. The van der Waals surface area contributed by atoms with E-state index >= 15 is 0 Å². The first-order valence-corrected chi connectivity index (χ1v) is 5.28. The molecule has 1 heterocycles. The predicted molar refractivity (Wildman–Crippen MR) is 62.6 cm³/mol. The Kier molecular flexibility index (Phi) is 3.63. The number of hydrogen-bond donors (Lipinski definition) is 2. The van der Waals surface area contributed by atoms with Crippen molar-refractivity contribution in [2.75, 3.05) is 0 Å². The molecular formula is C11H10ClFN4. The highest BCUT2D eigenvalue weighted by Gasteiger charge is 2.18. The normalized spacial score (nSPS) is 12.4. The van der Waals surface area contributed by atoms with Crippen molar-refractivity contribution in [2.45, 2.75) is 6.04 Å². The molecular weight excluding hydrogens is 243 g/mol. The average molecular weight is 253 g/mol. The maximum atomic E-state index is 13.7. The van der Waals surface area contributed by atoms with Crippen molar-refractivity contribution in [3.05, 3.63) is 58.9 Å². The monoisotopic (exact) mass is 252 g/mol. The highest BCUT2D eigenvalue weighted by molar-refractivity contribution is 6.30. The lowest BCUT2D eigenvalue weighted by atomic mass is 10.1. The zero-order valence-electron chi connectivity index (χ0n) is 8.77. The van der Waals surface area contributed by atoms with E-state index in [0.717, 1.165) is 0 Å². The van der Waals surface area contributed by atoms with Gasteiger partial charge < -0.3 is 0 Å². The molecule has 1 unspecified atom stereocenters. The molecule has 0 aliphatic heterocycles. The third-order valence-corrected chi connectivity index (χ3v) is 2.52. The molecule has 17 heavy (non-hydrogen) atoms. The number of halogens is 2. The van der Waals surface area contributed by atoms with Gasteiger partial charge in [0.2, 0.25) is 0 Å². The van der Waals surface area contributed by atoms with Crippen molar-refractivity contribution >= 4 is 11.6 Å². The molecule has 2 rings (SSSR count). The second-order valence-corrected chi connectivity index (χ2v) is 3.81. The fourth-order valence-electron chi connectivity index (χ4n) is 1.50. The lowest BCUT2D eigenvalue weighted by molar-refractivity contribution is 0.544. The molecule has 0 amide bonds. The lowest BCUT2D eigenvalue weighted by Gasteiger charge is -2.15. The number of benzene rings is 1. The van der Waals surface area contributed by atoms with Crippen LogP contribution in [0.1, 0.15) is 17.4 Å². The fraction of sp³-hybridized carbons (Fsp3) is 0.0909. The Labute approximate surface area is 103 Å². The smallest absolute Gasteiger partial charge is 0.151 e. The molecule has 4 nitrogen and oxygen atoms in total. The Bertz CT molecular complexity index is 506. The first kappa shape index (κ1) is 11.9. The van der Waals surface area contributed by atoms with Gasteiger partial charge >= 0.3 is 0 Å². The van der Waals surface area contributed by atoms with Crippen LogP contribution in [-0.2, 0) is 0 Å². The van der Waals surface area contributed by atoms with Crippen molar-refractivity contribution in [3.8, 4) is 0 Å². The van der Waals surface area contributed by atoms with Crippen LogP contribution in [0.25, 0.3) is 0 Å². The Balaban J connectivity index is 2.42. The molecule has 2 aromatic rings. The van der Waals surface area contributed by atoms with Crippen LogP contribution < -0.4 is 11.3 Å². The lowest BCUT2D eigenvalue weighted by Crippen LogP contribution is -2.30. The van der Waals surface area contributed by atoms with Crippen LogP contribution in [-0.4, -0.2) is 9.97 Å². The molecule has 0 aliphatic carbocycles. The van der Waals surface area contributed by atoms with Crippen LogP contribution >= 0.6 is 11.6 Å². The molecule has 0 bridgehead atoms. The van der Waals surface area contributed by atoms with E-state index in [-0.39, 0.29) is 0 Å². The number of hydrazine groups is 1. The maximum absolute atomic E-state index is 13.7. The van der Waals surface area contributed by atoms with E-state index in [1.807, 2.05) is 0 Å². The van der Waals surface area contributed by atoms with E-state index in [9.17, 15) is 4.39 Å². The van der Waals surface area contributed by atoms with Crippen molar-refractivity contribution < 1.29 is 4.39 Å². The van der Waals surface area contributed by atoms with Gasteiger partial charge in [-0.1, -0.05) is 17.7 Å². The summed E-state index contributed by atoms with van der Waals surface area (Å²) in [5.74, 6) is 5.36. The van der Waals surface area contributed by atoms with Gasteiger partial charge in [-0.15, -0.1) is 0 Å². The van der Waals surface area contributed by atoms with Gasteiger partial charge in [0.25, 0.3) is 0 Å². The number of nitrogens with zero attached hydrogens (tertiary/aromatic N) is 2. The second-order valence-electron chi connectivity index (χ2n) is 3.37. The summed E-state index contributed by atoms with van der Waals surface area (Å²) < 4.78 is 13.7. The van der Waals surface area contributed by atoms with Crippen LogP contribution in [0.3, 0.4) is 0 Å². The number of nitrogens with one attached hydrogen (secondary N) is 1. The zero-order valence-corrected chi connectivity index (χ0v) is 9.53. The molecule has 0 aliphatic rings. The number of hydrogen-bond acceptors (Lipinski definition) is 4. The SMILES string of the molecule is NNC(c1ncccn1)c1ccc(Cl)cc1F. The summed E-state index contributed by atoms with van der Waals surface area (Å²) in [6.07, 6.45) is 3.14. The van der Waals surface area contributed by atoms with Gasteiger partial charge in [0, 0.05) is 23.0 Å². The van der Waals surface area contributed by atoms with Gasteiger partial charge in [0.15, 0.2) is 5.82 Å². The minimum absolute atomic E-state index is 0.330. The molecule has 0 saturated heterocycles. The van der Waals surface area contributed by atoms with Crippen molar-refractivity contribution in [3.63, 3.8) is 0 Å². The van der Waals surface area contributed by atoms with E-state index in [0.29, 0.717) is 16.4 Å². The Morgan fingerprint density at radius 2 is 2.00 bits per heavy atom. The van der Waals surface area contributed by atoms with E-state index in [2.05, 4.69) is 15.4 Å². The van der Waals surface area contributed by atoms with Gasteiger partial charge in [0.1, 0.15) is 11.9 Å². The Hall–Kier alpha value is -1.56. The van der Waals surface area contributed by atoms with Crippen LogP contribution in [0.15, 0.2) is 36.7 Å². The van der Waals surface area contributed by atoms with E-state index in [1.54, 1.807) is 30.6 Å². The molecule has 0 saturated carbocycles. The summed E-state index contributed by atoms with van der Waals surface area (Å²) in [5.41, 5.74) is 2.84. The van der Waals surface area contributed by atoms with Crippen molar-refractivity contribution in [1.29, 1.82) is 0 Å². The van der Waals surface area contributed by atoms with E-state index in [1.165, 1.54) is 6.07 Å². The molecule has 1 atom stereocenters. The van der Waals surface area contributed by atoms with Gasteiger partial charge in [-0.05, 0) is 18.2 Å². The third-order valence-electron chi connectivity index (χ3n) is 2.28. The van der Waals surface area contributed by atoms with Crippen molar-refractivity contribution in [2.24, 2.45) is 5.84 Å². The van der Waals surface area contributed by atoms with E-state index < -0.39 is 11.9 Å². The summed E-state index contributed by atoms with van der Waals surface area (Å²) in [6, 6.07) is 5.44. The number of nitrogens with two attached hydrogens (primary N) is 1. The first-order chi connectivity index (χ1) is 8.22. The van der Waals surface area contributed by atoms with Gasteiger partial charge in [-0.3, -0.25) is 5.84 Å². The van der Waals surface area contributed by atoms with Gasteiger partial charge in [0.05, 0.1) is 0 Å². The largest absolute Gasteiger partial charge is 0.270 e. The summed E-state index contributed by atoms with van der Waals surface area (Å²) in [6.45, 7) is 0. The highest BCUT2D eigenvalue weighted by Crippen LogP contribution is 2.23. The van der Waals surface area contributed by atoms with Crippen LogP contribution in [0.2, 0.25) is 5.02 Å². The van der Waals surface area contributed by atoms with Gasteiger partial charge in [-0.2, -0.15) is 0 Å². The predicted octanol–water partition coefficient (Wildman–Crippen LogP) is 1.82. The quantitative estimate of drug-likeness (QED) is 0.646. The molecule has 0 spiro atoms. The molecule has 3 N–H and O–H groups in total. The summed E-state index contributed by atoms with van der Waals surface area (Å²) in [4.78, 5) is 8.07. The Morgan fingerprint density at radius 3 is 2.59 bits per heavy atom. The minimum atomic E-state index is -0.603. The summed E-state index contributed by atoms with van der Waals surface area (Å²) in [5, 5.41) is 0.330. The zero-order chi connectivity index (χ0) is 12.3. The number of aromatic nitrogens is 2. The minimum Gasteiger partial charge on any atom is -0.270 e. The topological polar surface area (TPSA) is 63.8 Å². The molecule has 1 aromatic heterocycles. The summed E-state index contributed by atoms with van der Waals surface area (Å²) >= 11 is 5.69. The molecule has 0 fully saturated rings. The van der Waals surface area contributed by atoms with Crippen LogP contribution in [0, 0.1) is 5.82 Å². The molecule has 6 heteroatoms. The second kappa shape index (κ2) is 5.18. The standard InChI is InChI=1S/C11H10ClFN4/c12-7-2-3-8(9(13)6-7)10(17-14)11-15-4-1-5-16-11/h1-6,10,17H,14H2. The summed E-state index contributed by atoms with van der Waals surface area (Å²) in [7, 11) is 0. The van der Waals surface area contributed by atoms with Crippen molar-refractivity contribution in [1.82, 2.24) is 15.4 Å². The third kappa shape index (κ3) is 2.58. The van der Waals surface area contributed by atoms with E-state index in [4.69, 9.17) is 17.4 Å². The molecule has 1 aromatic carbocycles. The van der Waals surface area contributed by atoms with Gasteiger partial charge in [-0.25, -0.2) is 19.8 Å². The van der Waals surface area contributed by atoms with Crippen LogP contribution in [0.4, 0.5) is 4.39 Å². The Morgan fingerprint density at radius 1 is 1.29 bits per heavy atom. The molecule has 0 radical (unpaired) electrons.